The van der Waals surface area contributed by atoms with Gasteiger partial charge in [-0.1, -0.05) is 0 Å². The van der Waals surface area contributed by atoms with Crippen molar-refractivity contribution in [2.24, 2.45) is 4.99 Å². The van der Waals surface area contributed by atoms with Crippen molar-refractivity contribution in [1.29, 1.82) is 0 Å². The van der Waals surface area contributed by atoms with Crippen molar-refractivity contribution in [3.8, 4) is 0 Å². The normalized spacial score (nSPS) is 12.1. The monoisotopic (exact) mass is 199 g/mol. The van der Waals surface area contributed by atoms with Crippen LogP contribution in [0, 0.1) is 6.92 Å². The standard InChI is InChI=1S/C9H13NS2/c1-7-4-5-9(12-7)8(2)10-6-11-3/h4-5H,6H2,1-3H3/b10-8+. The van der Waals surface area contributed by atoms with Gasteiger partial charge in [0.1, 0.15) is 0 Å². The van der Waals surface area contributed by atoms with Gasteiger partial charge in [-0.25, -0.2) is 0 Å². The molecule has 0 aliphatic carbocycles. The van der Waals surface area contributed by atoms with Crippen LogP contribution in [0.1, 0.15) is 16.7 Å². The quantitative estimate of drug-likeness (QED) is 0.681. The van der Waals surface area contributed by atoms with Gasteiger partial charge in [-0.15, -0.1) is 23.1 Å². The molecule has 0 unspecified atom stereocenters. The first-order valence-corrected chi connectivity index (χ1v) is 6.02. The Morgan fingerprint density at radius 3 is 2.83 bits per heavy atom. The Balaban J connectivity index is 2.70. The molecule has 0 N–H and O–H groups in total. The molecule has 0 fully saturated rings. The molecule has 0 saturated heterocycles. The predicted molar refractivity (Wildman–Crippen MR) is 59.6 cm³/mol. The summed E-state index contributed by atoms with van der Waals surface area (Å²) in [4.78, 5) is 7.06. The highest BCUT2D eigenvalue weighted by molar-refractivity contribution is 7.98. The molecule has 12 heavy (non-hydrogen) atoms. The summed E-state index contributed by atoms with van der Waals surface area (Å²) in [5.74, 6) is 0.864. The van der Waals surface area contributed by atoms with Crippen LogP contribution in [0.3, 0.4) is 0 Å². The smallest absolute Gasteiger partial charge is 0.0844 e. The molecule has 0 amide bonds. The van der Waals surface area contributed by atoms with Crippen molar-refractivity contribution < 1.29 is 0 Å². The predicted octanol–water partition coefficient (Wildman–Crippen LogP) is 3.19. The van der Waals surface area contributed by atoms with Crippen molar-refractivity contribution >= 4 is 28.8 Å². The van der Waals surface area contributed by atoms with E-state index >= 15 is 0 Å². The van der Waals surface area contributed by atoms with Crippen LogP contribution in [-0.4, -0.2) is 17.8 Å². The lowest BCUT2D eigenvalue weighted by Gasteiger charge is -1.94. The molecule has 3 heteroatoms. The SMILES string of the molecule is CSC/N=C(\C)c1ccc(C)s1. The Hall–Kier alpha value is -0.280. The number of thioether (sulfide) groups is 1. The summed E-state index contributed by atoms with van der Waals surface area (Å²) in [7, 11) is 0. The second kappa shape index (κ2) is 4.67. The molecule has 0 aliphatic heterocycles. The molecule has 0 aromatic carbocycles. The highest BCUT2D eigenvalue weighted by Crippen LogP contribution is 2.16. The van der Waals surface area contributed by atoms with Gasteiger partial charge in [-0.05, 0) is 32.2 Å². The Bertz CT molecular complexity index is 276. The van der Waals surface area contributed by atoms with Gasteiger partial charge in [0.2, 0.25) is 0 Å². The maximum absolute atomic E-state index is 4.42. The van der Waals surface area contributed by atoms with Gasteiger partial charge in [-0.2, -0.15) is 0 Å². The van der Waals surface area contributed by atoms with Gasteiger partial charge in [0.05, 0.1) is 5.88 Å². The summed E-state index contributed by atoms with van der Waals surface area (Å²) >= 11 is 3.55. The van der Waals surface area contributed by atoms with Crippen LogP contribution in [0.25, 0.3) is 0 Å². The first-order valence-electron chi connectivity index (χ1n) is 3.81. The van der Waals surface area contributed by atoms with Crippen LogP contribution in [0.5, 0.6) is 0 Å². The van der Waals surface area contributed by atoms with Gasteiger partial charge in [0.25, 0.3) is 0 Å². The third-order valence-corrected chi connectivity index (χ3v) is 3.02. The number of thiophene rings is 1. The van der Waals surface area contributed by atoms with Crippen LogP contribution in [0.2, 0.25) is 0 Å². The van der Waals surface area contributed by atoms with Crippen molar-refractivity contribution in [2.75, 3.05) is 12.1 Å². The zero-order valence-electron chi connectivity index (χ0n) is 7.63. The van der Waals surface area contributed by atoms with E-state index in [2.05, 4.69) is 37.2 Å². The molecule has 1 rings (SSSR count). The molecule has 0 atom stereocenters. The van der Waals surface area contributed by atoms with Crippen LogP contribution in [0.15, 0.2) is 17.1 Å². The third kappa shape index (κ3) is 2.64. The summed E-state index contributed by atoms with van der Waals surface area (Å²) in [6, 6.07) is 4.28. The van der Waals surface area contributed by atoms with E-state index in [4.69, 9.17) is 0 Å². The maximum Gasteiger partial charge on any atom is 0.0844 e. The summed E-state index contributed by atoms with van der Waals surface area (Å²) in [5.41, 5.74) is 1.16. The van der Waals surface area contributed by atoms with E-state index in [1.165, 1.54) is 9.75 Å². The average molecular weight is 199 g/mol. The molecule has 66 valence electrons. The van der Waals surface area contributed by atoms with Gasteiger partial charge in [0.15, 0.2) is 0 Å². The minimum atomic E-state index is 0.864. The molecule has 0 saturated carbocycles. The largest absolute Gasteiger partial charge is 0.278 e. The van der Waals surface area contributed by atoms with Gasteiger partial charge in [-0.3, -0.25) is 4.99 Å². The van der Waals surface area contributed by atoms with E-state index in [0.29, 0.717) is 0 Å². The zero-order chi connectivity index (χ0) is 8.97. The minimum Gasteiger partial charge on any atom is -0.278 e. The van der Waals surface area contributed by atoms with Crippen molar-refractivity contribution in [2.45, 2.75) is 13.8 Å². The van der Waals surface area contributed by atoms with Crippen molar-refractivity contribution in [3.05, 3.63) is 21.9 Å². The molecule has 0 radical (unpaired) electrons. The van der Waals surface area contributed by atoms with E-state index in [0.717, 1.165) is 11.6 Å². The molecular formula is C9H13NS2. The van der Waals surface area contributed by atoms with E-state index in [9.17, 15) is 0 Å². The zero-order valence-corrected chi connectivity index (χ0v) is 9.26. The molecular weight excluding hydrogens is 186 g/mol. The van der Waals surface area contributed by atoms with E-state index in [1.54, 1.807) is 23.1 Å². The summed E-state index contributed by atoms with van der Waals surface area (Å²) in [6.07, 6.45) is 2.07. The van der Waals surface area contributed by atoms with Gasteiger partial charge >= 0.3 is 0 Å². The van der Waals surface area contributed by atoms with Crippen LogP contribution in [0.4, 0.5) is 0 Å². The molecule has 1 aromatic heterocycles. The number of hydrogen-bond acceptors (Lipinski definition) is 3. The Morgan fingerprint density at radius 2 is 2.33 bits per heavy atom. The van der Waals surface area contributed by atoms with Crippen LogP contribution in [-0.2, 0) is 0 Å². The highest BCUT2D eigenvalue weighted by Gasteiger charge is 1.98. The first kappa shape index (κ1) is 9.81. The molecule has 0 bridgehead atoms. The second-order valence-corrected chi connectivity index (χ2v) is 4.70. The van der Waals surface area contributed by atoms with Gasteiger partial charge < -0.3 is 0 Å². The Labute approximate surface area is 81.9 Å². The van der Waals surface area contributed by atoms with Crippen LogP contribution < -0.4 is 0 Å². The van der Waals surface area contributed by atoms with Crippen molar-refractivity contribution in [1.82, 2.24) is 0 Å². The molecule has 0 aliphatic rings. The fraction of sp³-hybridized carbons (Fsp3) is 0.444. The number of aliphatic imine (C=N–C) groups is 1. The number of nitrogens with zero attached hydrogens (tertiary/aromatic N) is 1. The molecule has 0 spiro atoms. The number of hydrogen-bond donors (Lipinski definition) is 0. The number of rotatable bonds is 3. The molecule has 1 aromatic rings. The molecule has 1 heterocycles. The Kier molecular flexibility index (Phi) is 3.82. The third-order valence-electron chi connectivity index (χ3n) is 1.53. The second-order valence-electron chi connectivity index (χ2n) is 2.57. The van der Waals surface area contributed by atoms with E-state index in [1.807, 2.05) is 0 Å². The van der Waals surface area contributed by atoms with Crippen LogP contribution >= 0.6 is 23.1 Å². The average Bonchev–Trinajstić information content (AvgIpc) is 2.47. The molecule has 1 nitrogen and oxygen atoms in total. The fourth-order valence-corrected chi connectivity index (χ4v) is 2.02. The number of aryl methyl sites for hydroxylation is 1. The summed E-state index contributed by atoms with van der Waals surface area (Å²) in [6.45, 7) is 4.19. The Morgan fingerprint density at radius 1 is 1.58 bits per heavy atom. The van der Waals surface area contributed by atoms with E-state index in [-0.39, 0.29) is 0 Å². The van der Waals surface area contributed by atoms with E-state index < -0.39 is 0 Å². The topological polar surface area (TPSA) is 12.4 Å². The fourth-order valence-electron chi connectivity index (χ4n) is 0.868. The maximum atomic E-state index is 4.42. The summed E-state index contributed by atoms with van der Waals surface area (Å²) < 4.78 is 0. The lowest BCUT2D eigenvalue weighted by atomic mass is 10.3. The van der Waals surface area contributed by atoms with Crippen molar-refractivity contribution in [3.63, 3.8) is 0 Å². The highest BCUT2D eigenvalue weighted by atomic mass is 32.2. The first-order chi connectivity index (χ1) is 5.74. The lowest BCUT2D eigenvalue weighted by Crippen LogP contribution is -1.90. The van der Waals surface area contributed by atoms with Gasteiger partial charge in [0, 0.05) is 15.5 Å². The summed E-state index contributed by atoms with van der Waals surface area (Å²) in [5, 5.41) is 0. The minimum absolute atomic E-state index is 0.864. The lowest BCUT2D eigenvalue weighted by molar-refractivity contribution is 1.37.